The minimum absolute atomic E-state index is 0.0635. The maximum Gasteiger partial charge on any atom is 0.221 e. The third-order valence-electron chi connectivity index (χ3n) is 6.25. The summed E-state index contributed by atoms with van der Waals surface area (Å²) in [6, 6.07) is 8.75. The SMILES string of the molecule is CC(C)(C)c1ccc(-n2ncc3c2CCCC3NC(=O)CCN2CCOCC2)cc1. The van der Waals surface area contributed by atoms with Gasteiger partial charge in [-0.25, -0.2) is 4.68 Å². The van der Waals surface area contributed by atoms with Crippen LogP contribution in [0, 0.1) is 0 Å². The van der Waals surface area contributed by atoms with Gasteiger partial charge in [-0.1, -0.05) is 32.9 Å². The number of benzene rings is 1. The molecule has 2 aliphatic rings. The Morgan fingerprint density at radius 2 is 1.93 bits per heavy atom. The van der Waals surface area contributed by atoms with Crippen molar-refractivity contribution >= 4 is 5.91 Å². The minimum atomic E-state index is 0.0635. The number of nitrogens with zero attached hydrogens (tertiary/aromatic N) is 3. The Morgan fingerprint density at radius 3 is 2.63 bits per heavy atom. The third-order valence-corrected chi connectivity index (χ3v) is 6.25. The average Bonchev–Trinajstić information content (AvgIpc) is 3.18. The van der Waals surface area contributed by atoms with E-state index in [1.54, 1.807) is 0 Å². The number of ether oxygens (including phenoxy) is 1. The van der Waals surface area contributed by atoms with Crippen LogP contribution in [-0.4, -0.2) is 53.4 Å². The first kappa shape index (κ1) is 21.1. The van der Waals surface area contributed by atoms with Gasteiger partial charge in [-0.2, -0.15) is 5.10 Å². The van der Waals surface area contributed by atoms with Gasteiger partial charge in [-0.15, -0.1) is 0 Å². The number of fused-ring (bicyclic) bond motifs is 1. The van der Waals surface area contributed by atoms with Crippen LogP contribution in [0.3, 0.4) is 0 Å². The lowest BCUT2D eigenvalue weighted by Crippen LogP contribution is -2.39. The highest BCUT2D eigenvalue weighted by molar-refractivity contribution is 5.76. The van der Waals surface area contributed by atoms with Crippen molar-refractivity contribution in [1.82, 2.24) is 20.0 Å². The van der Waals surface area contributed by atoms with E-state index in [1.807, 2.05) is 10.9 Å². The molecule has 6 heteroatoms. The van der Waals surface area contributed by atoms with E-state index >= 15 is 0 Å². The molecule has 1 aromatic carbocycles. The lowest BCUT2D eigenvalue weighted by atomic mass is 9.87. The van der Waals surface area contributed by atoms with Crippen molar-refractivity contribution in [2.45, 2.75) is 57.9 Å². The topological polar surface area (TPSA) is 59.4 Å². The van der Waals surface area contributed by atoms with Gasteiger partial charge in [0.2, 0.25) is 5.91 Å². The Bertz CT molecular complexity index is 860. The van der Waals surface area contributed by atoms with Crippen molar-refractivity contribution < 1.29 is 9.53 Å². The first-order valence-corrected chi connectivity index (χ1v) is 11.2. The molecular formula is C24H34N4O2. The van der Waals surface area contributed by atoms with Gasteiger partial charge in [0.1, 0.15) is 0 Å². The van der Waals surface area contributed by atoms with E-state index in [1.165, 1.54) is 16.8 Å². The maximum absolute atomic E-state index is 12.6. The molecule has 6 nitrogen and oxygen atoms in total. The second kappa shape index (κ2) is 8.90. The van der Waals surface area contributed by atoms with Crippen molar-refractivity contribution in [2.24, 2.45) is 0 Å². The van der Waals surface area contributed by atoms with E-state index in [0.29, 0.717) is 6.42 Å². The summed E-state index contributed by atoms with van der Waals surface area (Å²) in [6.07, 6.45) is 5.52. The molecule has 1 aliphatic carbocycles. The second-order valence-electron chi connectivity index (χ2n) is 9.47. The van der Waals surface area contributed by atoms with Crippen LogP contribution >= 0.6 is 0 Å². The molecule has 1 amide bonds. The van der Waals surface area contributed by atoms with Crippen molar-refractivity contribution in [3.63, 3.8) is 0 Å². The molecule has 1 unspecified atom stereocenters. The first-order chi connectivity index (χ1) is 14.4. The smallest absolute Gasteiger partial charge is 0.221 e. The van der Waals surface area contributed by atoms with Crippen molar-refractivity contribution in [3.05, 3.63) is 47.3 Å². The number of aromatic nitrogens is 2. The molecule has 0 spiro atoms. The summed E-state index contributed by atoms with van der Waals surface area (Å²) in [6.45, 7) is 10.9. The Labute approximate surface area is 179 Å². The van der Waals surface area contributed by atoms with Crippen LogP contribution in [0.2, 0.25) is 0 Å². The van der Waals surface area contributed by atoms with Gasteiger partial charge in [0.05, 0.1) is 31.1 Å². The molecule has 1 fully saturated rings. The van der Waals surface area contributed by atoms with Crippen LogP contribution in [0.5, 0.6) is 0 Å². The summed E-state index contributed by atoms with van der Waals surface area (Å²) in [4.78, 5) is 14.9. The quantitative estimate of drug-likeness (QED) is 0.821. The molecule has 1 N–H and O–H groups in total. The fraction of sp³-hybridized carbons (Fsp3) is 0.583. The van der Waals surface area contributed by atoms with Crippen molar-refractivity contribution in [2.75, 3.05) is 32.8 Å². The minimum Gasteiger partial charge on any atom is -0.379 e. The molecule has 1 aliphatic heterocycles. The molecule has 1 aromatic heterocycles. The monoisotopic (exact) mass is 410 g/mol. The summed E-state index contributed by atoms with van der Waals surface area (Å²) in [7, 11) is 0. The number of hydrogen-bond donors (Lipinski definition) is 1. The number of nitrogens with one attached hydrogen (secondary N) is 1. The summed E-state index contributed by atoms with van der Waals surface area (Å²) in [5.74, 6) is 0.127. The molecule has 0 radical (unpaired) electrons. The highest BCUT2D eigenvalue weighted by Gasteiger charge is 2.26. The largest absolute Gasteiger partial charge is 0.379 e. The third kappa shape index (κ3) is 4.76. The number of hydrogen-bond acceptors (Lipinski definition) is 4. The second-order valence-corrected chi connectivity index (χ2v) is 9.47. The molecule has 0 saturated carbocycles. The van der Waals surface area contributed by atoms with E-state index in [0.717, 1.165) is 57.8 Å². The Kier molecular flexibility index (Phi) is 6.25. The number of carbonyl (C=O) groups is 1. The summed E-state index contributed by atoms with van der Waals surface area (Å²) >= 11 is 0. The van der Waals surface area contributed by atoms with Crippen molar-refractivity contribution in [3.8, 4) is 5.69 Å². The van der Waals surface area contributed by atoms with E-state index in [2.05, 4.69) is 60.4 Å². The zero-order valence-electron chi connectivity index (χ0n) is 18.5. The Morgan fingerprint density at radius 1 is 1.20 bits per heavy atom. The number of amides is 1. The van der Waals surface area contributed by atoms with Crippen LogP contribution in [0.4, 0.5) is 0 Å². The zero-order valence-corrected chi connectivity index (χ0v) is 18.5. The predicted octanol–water partition coefficient (Wildman–Crippen LogP) is 3.39. The fourth-order valence-corrected chi connectivity index (χ4v) is 4.38. The number of morpholine rings is 1. The normalized spacial score (nSPS) is 20.0. The average molecular weight is 411 g/mol. The van der Waals surface area contributed by atoms with E-state index in [4.69, 9.17) is 4.74 Å². The number of rotatable bonds is 5. The van der Waals surface area contributed by atoms with Crippen LogP contribution in [0.15, 0.2) is 30.5 Å². The highest BCUT2D eigenvalue weighted by atomic mass is 16.5. The number of carbonyl (C=O) groups excluding carboxylic acids is 1. The van der Waals surface area contributed by atoms with E-state index in [9.17, 15) is 4.79 Å². The van der Waals surface area contributed by atoms with Crippen LogP contribution in [0.1, 0.15) is 62.9 Å². The molecular weight excluding hydrogens is 376 g/mol. The Balaban J connectivity index is 1.42. The fourth-order valence-electron chi connectivity index (χ4n) is 4.38. The molecule has 2 heterocycles. The predicted molar refractivity (Wildman–Crippen MR) is 118 cm³/mol. The summed E-state index contributed by atoms with van der Waals surface area (Å²) in [5.41, 5.74) is 4.93. The van der Waals surface area contributed by atoms with Crippen molar-refractivity contribution in [1.29, 1.82) is 0 Å². The molecule has 162 valence electrons. The molecule has 1 atom stereocenters. The van der Waals surface area contributed by atoms with Gasteiger partial charge in [0.25, 0.3) is 0 Å². The summed E-state index contributed by atoms with van der Waals surface area (Å²) < 4.78 is 7.43. The van der Waals surface area contributed by atoms with Gasteiger partial charge in [0, 0.05) is 37.3 Å². The molecule has 0 bridgehead atoms. The van der Waals surface area contributed by atoms with Crippen LogP contribution in [0.25, 0.3) is 5.69 Å². The van der Waals surface area contributed by atoms with Gasteiger partial charge >= 0.3 is 0 Å². The van der Waals surface area contributed by atoms with Gasteiger partial charge < -0.3 is 10.1 Å². The molecule has 2 aromatic rings. The van der Waals surface area contributed by atoms with Crippen LogP contribution < -0.4 is 5.32 Å². The van der Waals surface area contributed by atoms with E-state index in [-0.39, 0.29) is 17.4 Å². The Hall–Kier alpha value is -2.18. The lowest BCUT2D eigenvalue weighted by Gasteiger charge is -2.27. The standard InChI is InChI=1S/C24H34N4O2/c1-24(2,3)18-7-9-19(10-8-18)28-22-6-4-5-21(20(22)17-25-28)26-23(29)11-12-27-13-15-30-16-14-27/h7-10,17,21H,4-6,11-16H2,1-3H3,(H,26,29). The summed E-state index contributed by atoms with van der Waals surface area (Å²) in [5, 5.41) is 7.94. The zero-order chi connectivity index (χ0) is 21.1. The maximum atomic E-state index is 12.6. The van der Waals surface area contributed by atoms with E-state index < -0.39 is 0 Å². The van der Waals surface area contributed by atoms with Gasteiger partial charge in [-0.05, 0) is 42.4 Å². The molecule has 4 rings (SSSR count). The lowest BCUT2D eigenvalue weighted by molar-refractivity contribution is -0.122. The van der Waals surface area contributed by atoms with Gasteiger partial charge in [-0.3, -0.25) is 9.69 Å². The first-order valence-electron chi connectivity index (χ1n) is 11.2. The molecule has 30 heavy (non-hydrogen) atoms. The van der Waals surface area contributed by atoms with Gasteiger partial charge in [0.15, 0.2) is 0 Å². The van der Waals surface area contributed by atoms with Crippen LogP contribution in [-0.2, 0) is 21.4 Å². The molecule has 1 saturated heterocycles. The highest BCUT2D eigenvalue weighted by Crippen LogP contribution is 2.31.